The maximum absolute atomic E-state index is 11.2. The summed E-state index contributed by atoms with van der Waals surface area (Å²) in [6.07, 6.45) is 1.75. The lowest BCUT2D eigenvalue weighted by atomic mass is 9.85. The maximum atomic E-state index is 11.2. The number of ether oxygens (including phenoxy) is 1. The summed E-state index contributed by atoms with van der Waals surface area (Å²) >= 11 is 0. The molecule has 180 valence electrons. The minimum Gasteiger partial charge on any atom is -0.496 e. The normalized spacial score (nSPS) is 11.4. The molecule has 0 aliphatic rings. The first-order valence-electron chi connectivity index (χ1n) is 11.0. The van der Waals surface area contributed by atoms with E-state index in [4.69, 9.17) is 10.5 Å². The van der Waals surface area contributed by atoms with E-state index in [1.165, 1.54) is 0 Å². The number of anilines is 1. The second-order valence-corrected chi connectivity index (χ2v) is 8.92. The molecule has 35 heavy (non-hydrogen) atoms. The molecule has 3 N–H and O–H groups in total. The van der Waals surface area contributed by atoms with E-state index in [0.717, 1.165) is 22.6 Å². The summed E-state index contributed by atoms with van der Waals surface area (Å²) in [7, 11) is 1.62. The van der Waals surface area contributed by atoms with Gasteiger partial charge in [-0.2, -0.15) is 0 Å². The maximum Gasteiger partial charge on any atom is 0.304 e. The summed E-state index contributed by atoms with van der Waals surface area (Å²) in [6, 6.07) is 13.2. The van der Waals surface area contributed by atoms with Crippen LogP contribution >= 0.6 is 0 Å². The highest BCUT2D eigenvalue weighted by Crippen LogP contribution is 2.33. The number of carboxylic acids is 1. The van der Waals surface area contributed by atoms with Gasteiger partial charge in [0.2, 0.25) is 5.95 Å². The van der Waals surface area contributed by atoms with E-state index in [2.05, 4.69) is 25.3 Å². The average molecular weight is 474 g/mol. The average Bonchev–Trinajstić information content (AvgIpc) is 3.26. The number of hydrogen-bond acceptors (Lipinski definition) is 8. The second-order valence-electron chi connectivity index (χ2n) is 8.92. The van der Waals surface area contributed by atoms with E-state index in [0.29, 0.717) is 29.3 Å². The lowest BCUT2D eigenvalue weighted by molar-refractivity contribution is -0.138. The third-order valence-corrected chi connectivity index (χ3v) is 5.65. The number of pyridine rings is 1. The highest BCUT2D eigenvalue weighted by molar-refractivity contribution is 5.73. The van der Waals surface area contributed by atoms with Crippen LogP contribution in [0.3, 0.4) is 0 Å². The smallest absolute Gasteiger partial charge is 0.304 e. The SMILES string of the molecule is COc1c(C)cccc1-c1cc(-c2cn(Cc3cccc(C(C)(C)CC(=O)O)n3)nn2)nc(N)n1. The molecule has 0 fully saturated rings. The van der Waals surface area contributed by atoms with Crippen molar-refractivity contribution in [2.24, 2.45) is 0 Å². The van der Waals surface area contributed by atoms with Crippen molar-refractivity contribution in [3.63, 3.8) is 0 Å². The minimum atomic E-state index is -0.866. The first-order chi connectivity index (χ1) is 16.7. The van der Waals surface area contributed by atoms with Gasteiger partial charge in [0.05, 0.1) is 43.4 Å². The topological polar surface area (TPSA) is 142 Å². The Morgan fingerprint density at radius 1 is 1.09 bits per heavy atom. The molecule has 0 amide bonds. The Bertz CT molecular complexity index is 1380. The first-order valence-corrected chi connectivity index (χ1v) is 11.0. The molecule has 10 nitrogen and oxygen atoms in total. The Hall–Kier alpha value is -4.34. The number of aryl methyl sites for hydroxylation is 1. The van der Waals surface area contributed by atoms with Gasteiger partial charge in [-0.1, -0.05) is 37.3 Å². The van der Waals surface area contributed by atoms with Crippen LogP contribution in [0.25, 0.3) is 22.6 Å². The minimum absolute atomic E-state index is 0.0138. The number of nitrogen functional groups attached to an aromatic ring is 1. The first kappa shape index (κ1) is 23.8. The predicted molar refractivity (Wildman–Crippen MR) is 131 cm³/mol. The largest absolute Gasteiger partial charge is 0.496 e. The Morgan fingerprint density at radius 3 is 2.57 bits per heavy atom. The number of aliphatic carboxylic acids is 1. The fraction of sp³-hybridized carbons (Fsp3) is 0.280. The second kappa shape index (κ2) is 9.49. The van der Waals surface area contributed by atoms with Crippen LogP contribution in [0.5, 0.6) is 5.75 Å². The van der Waals surface area contributed by atoms with Gasteiger partial charge in [0, 0.05) is 16.7 Å². The Morgan fingerprint density at radius 2 is 1.83 bits per heavy atom. The van der Waals surface area contributed by atoms with Crippen LogP contribution in [-0.4, -0.2) is 48.1 Å². The fourth-order valence-corrected chi connectivity index (χ4v) is 3.93. The van der Waals surface area contributed by atoms with Crippen molar-refractivity contribution in [2.75, 3.05) is 12.8 Å². The number of nitrogens with two attached hydrogens (primary N) is 1. The van der Waals surface area contributed by atoms with Crippen molar-refractivity contribution in [3.8, 4) is 28.4 Å². The molecule has 0 unspecified atom stereocenters. The van der Waals surface area contributed by atoms with E-state index in [9.17, 15) is 9.90 Å². The molecule has 0 spiro atoms. The van der Waals surface area contributed by atoms with Crippen molar-refractivity contribution in [2.45, 2.75) is 39.2 Å². The number of carbonyl (C=O) groups is 1. The van der Waals surface area contributed by atoms with Crippen molar-refractivity contribution in [1.29, 1.82) is 0 Å². The molecule has 4 rings (SSSR count). The molecule has 0 saturated carbocycles. The zero-order valence-electron chi connectivity index (χ0n) is 20.1. The molecule has 0 atom stereocenters. The third-order valence-electron chi connectivity index (χ3n) is 5.65. The number of aromatic nitrogens is 6. The van der Waals surface area contributed by atoms with E-state index in [1.54, 1.807) is 24.1 Å². The van der Waals surface area contributed by atoms with Gasteiger partial charge in [0.25, 0.3) is 0 Å². The number of nitrogens with zero attached hydrogens (tertiary/aromatic N) is 6. The van der Waals surface area contributed by atoms with Crippen molar-refractivity contribution in [1.82, 2.24) is 29.9 Å². The molecule has 0 saturated heterocycles. The number of benzene rings is 1. The van der Waals surface area contributed by atoms with Crippen LogP contribution < -0.4 is 10.5 Å². The van der Waals surface area contributed by atoms with Gasteiger partial charge >= 0.3 is 5.97 Å². The lowest BCUT2D eigenvalue weighted by Crippen LogP contribution is -2.23. The summed E-state index contributed by atoms with van der Waals surface area (Å²) in [4.78, 5) is 24.6. The standard InChI is InChI=1S/C25H27N7O3/c1-15-7-5-9-17(23(15)35-4)18-11-19(29-24(26)28-18)20-14-32(31-30-20)13-16-8-6-10-21(27-16)25(2,3)12-22(33)34/h5-11,14H,12-13H2,1-4H3,(H,33,34)(H2,26,28,29). The Balaban J connectivity index is 1.61. The van der Waals surface area contributed by atoms with E-state index < -0.39 is 11.4 Å². The van der Waals surface area contributed by atoms with Gasteiger partial charge in [-0.15, -0.1) is 5.10 Å². The molecule has 0 aliphatic carbocycles. The molecule has 0 bridgehead atoms. The summed E-state index contributed by atoms with van der Waals surface area (Å²) in [6.45, 7) is 6.05. The zero-order chi connectivity index (χ0) is 25.2. The number of para-hydroxylation sites is 1. The summed E-state index contributed by atoms with van der Waals surface area (Å²) in [5, 5.41) is 17.7. The number of methoxy groups -OCH3 is 1. The lowest BCUT2D eigenvalue weighted by Gasteiger charge is -2.22. The molecule has 4 aromatic rings. The van der Waals surface area contributed by atoms with Gasteiger partial charge in [-0.05, 0) is 36.8 Å². The molecule has 3 heterocycles. The Labute approximate surface area is 202 Å². The molecule has 0 radical (unpaired) electrons. The summed E-state index contributed by atoms with van der Waals surface area (Å²) < 4.78 is 7.22. The third kappa shape index (κ3) is 5.26. The van der Waals surface area contributed by atoms with Gasteiger partial charge in [-0.3, -0.25) is 9.78 Å². The molecule has 1 aromatic carbocycles. The van der Waals surface area contributed by atoms with Crippen molar-refractivity contribution < 1.29 is 14.6 Å². The van der Waals surface area contributed by atoms with Gasteiger partial charge in [0.1, 0.15) is 11.4 Å². The number of carboxylic acid groups (broad SMARTS) is 1. The van der Waals surface area contributed by atoms with Crippen LogP contribution in [-0.2, 0) is 16.8 Å². The van der Waals surface area contributed by atoms with E-state index in [-0.39, 0.29) is 12.4 Å². The summed E-state index contributed by atoms with van der Waals surface area (Å²) in [5.74, 6) is -0.0301. The van der Waals surface area contributed by atoms with Gasteiger partial charge in [-0.25, -0.2) is 14.6 Å². The number of rotatable bonds is 8. The highest BCUT2D eigenvalue weighted by atomic mass is 16.5. The molecular weight excluding hydrogens is 446 g/mol. The quantitative estimate of drug-likeness (QED) is 0.393. The van der Waals surface area contributed by atoms with Crippen LogP contribution in [0.2, 0.25) is 0 Å². The predicted octanol–water partition coefficient (Wildman–Crippen LogP) is 3.50. The van der Waals surface area contributed by atoms with E-state index in [1.807, 2.05) is 57.2 Å². The van der Waals surface area contributed by atoms with Crippen LogP contribution in [0.15, 0.2) is 48.7 Å². The van der Waals surface area contributed by atoms with Crippen LogP contribution in [0.4, 0.5) is 5.95 Å². The fourth-order valence-electron chi connectivity index (χ4n) is 3.93. The highest BCUT2D eigenvalue weighted by Gasteiger charge is 2.26. The molecule has 10 heteroatoms. The molecule has 3 aromatic heterocycles. The van der Waals surface area contributed by atoms with E-state index >= 15 is 0 Å². The Kier molecular flexibility index (Phi) is 6.46. The zero-order valence-corrected chi connectivity index (χ0v) is 20.1. The number of hydrogen-bond donors (Lipinski definition) is 2. The van der Waals surface area contributed by atoms with Crippen LogP contribution in [0, 0.1) is 6.92 Å². The monoisotopic (exact) mass is 473 g/mol. The van der Waals surface area contributed by atoms with Crippen LogP contribution in [0.1, 0.15) is 37.2 Å². The molecule has 0 aliphatic heterocycles. The van der Waals surface area contributed by atoms with Gasteiger partial charge < -0.3 is 15.6 Å². The van der Waals surface area contributed by atoms with Gasteiger partial charge in [0.15, 0.2) is 0 Å². The summed E-state index contributed by atoms with van der Waals surface area (Å²) in [5.41, 5.74) is 10.3. The van der Waals surface area contributed by atoms with Crippen molar-refractivity contribution >= 4 is 11.9 Å². The van der Waals surface area contributed by atoms with Crippen molar-refractivity contribution in [3.05, 3.63) is 65.6 Å². The molecular formula is C25H27N7O3.